The van der Waals surface area contributed by atoms with E-state index < -0.39 is 0 Å². The van der Waals surface area contributed by atoms with Crippen molar-refractivity contribution in [1.29, 1.82) is 0 Å². The Labute approximate surface area is 131 Å². The van der Waals surface area contributed by atoms with Crippen LogP contribution in [0, 0.1) is 0 Å². The maximum Gasteiger partial charge on any atom is 0.0416 e. The molecule has 0 fully saturated rings. The predicted octanol–water partition coefficient (Wildman–Crippen LogP) is 4.08. The van der Waals surface area contributed by atoms with E-state index in [0.717, 1.165) is 25.2 Å². The molecule has 0 amide bonds. The number of pyridine rings is 1. The van der Waals surface area contributed by atoms with Crippen LogP contribution in [0.5, 0.6) is 0 Å². The molecular formula is C20H20N2. The molecule has 110 valence electrons. The molecule has 3 aromatic rings. The molecule has 0 aliphatic carbocycles. The molecule has 1 aromatic heterocycles. The molecular weight excluding hydrogens is 268 g/mol. The van der Waals surface area contributed by atoms with Crippen molar-refractivity contribution in [1.82, 2.24) is 10.3 Å². The number of nitrogens with one attached hydrogen (secondary N) is 1. The van der Waals surface area contributed by atoms with Crippen LogP contribution < -0.4 is 5.32 Å². The smallest absolute Gasteiger partial charge is 0.0416 e. The van der Waals surface area contributed by atoms with E-state index in [-0.39, 0.29) is 0 Å². The zero-order chi connectivity index (χ0) is 15.0. The van der Waals surface area contributed by atoms with Gasteiger partial charge in [0.1, 0.15) is 0 Å². The molecule has 2 aromatic carbocycles. The molecule has 0 unspecified atom stereocenters. The molecule has 22 heavy (non-hydrogen) atoms. The topological polar surface area (TPSA) is 24.9 Å². The first-order chi connectivity index (χ1) is 10.9. The van der Waals surface area contributed by atoms with Gasteiger partial charge >= 0.3 is 0 Å². The summed E-state index contributed by atoms with van der Waals surface area (Å²) in [5.41, 5.74) is 4.96. The van der Waals surface area contributed by atoms with Crippen LogP contribution in [0.3, 0.4) is 0 Å². The van der Waals surface area contributed by atoms with Crippen molar-refractivity contribution in [3.8, 4) is 11.1 Å². The summed E-state index contributed by atoms with van der Waals surface area (Å²) in [6.07, 6.45) is 2.81. The van der Waals surface area contributed by atoms with Crippen molar-refractivity contribution in [2.24, 2.45) is 0 Å². The van der Waals surface area contributed by atoms with Gasteiger partial charge in [-0.3, -0.25) is 4.98 Å². The lowest BCUT2D eigenvalue weighted by Gasteiger charge is -2.06. The van der Waals surface area contributed by atoms with E-state index in [1.165, 1.54) is 16.7 Å². The summed E-state index contributed by atoms with van der Waals surface area (Å²) in [6.45, 7) is 1.83. The quantitative estimate of drug-likeness (QED) is 0.691. The van der Waals surface area contributed by atoms with Crippen molar-refractivity contribution in [3.63, 3.8) is 0 Å². The Bertz CT molecular complexity index is 676. The molecule has 1 heterocycles. The Morgan fingerprint density at radius 1 is 0.727 bits per heavy atom. The first kappa shape index (κ1) is 14.5. The van der Waals surface area contributed by atoms with Crippen molar-refractivity contribution in [3.05, 3.63) is 90.3 Å². The van der Waals surface area contributed by atoms with Gasteiger partial charge in [0.05, 0.1) is 0 Å². The van der Waals surface area contributed by atoms with Crippen LogP contribution >= 0.6 is 0 Å². The molecule has 2 nitrogen and oxygen atoms in total. The molecule has 0 aliphatic rings. The summed E-state index contributed by atoms with van der Waals surface area (Å²) in [6, 6.07) is 25.3. The minimum Gasteiger partial charge on any atom is -0.312 e. The SMILES string of the molecule is c1ccc(-c2ccc(CNCCc3ccccn3)cc2)cc1. The molecule has 0 aliphatic heterocycles. The molecule has 0 spiro atoms. The Morgan fingerprint density at radius 2 is 1.45 bits per heavy atom. The van der Waals surface area contributed by atoms with Crippen molar-refractivity contribution >= 4 is 0 Å². The van der Waals surface area contributed by atoms with E-state index in [1.54, 1.807) is 0 Å². The summed E-state index contributed by atoms with van der Waals surface area (Å²) in [5.74, 6) is 0. The van der Waals surface area contributed by atoms with Gasteiger partial charge in [-0.2, -0.15) is 0 Å². The van der Waals surface area contributed by atoms with Crippen LogP contribution in [-0.4, -0.2) is 11.5 Å². The molecule has 0 bridgehead atoms. The maximum atomic E-state index is 4.33. The van der Waals surface area contributed by atoms with Crippen molar-refractivity contribution in [2.45, 2.75) is 13.0 Å². The Morgan fingerprint density at radius 3 is 2.18 bits per heavy atom. The highest BCUT2D eigenvalue weighted by atomic mass is 14.8. The molecule has 0 saturated carbocycles. The van der Waals surface area contributed by atoms with Gasteiger partial charge in [0.2, 0.25) is 0 Å². The second kappa shape index (κ2) is 7.53. The number of rotatable bonds is 6. The second-order valence-corrected chi connectivity index (χ2v) is 5.31. The standard InChI is InChI=1S/C20H20N2/c1-2-6-18(7-3-1)19-11-9-17(10-12-19)16-21-15-13-20-8-4-5-14-22-20/h1-12,14,21H,13,15-16H2. The third kappa shape index (κ3) is 4.03. The molecule has 3 rings (SSSR count). The maximum absolute atomic E-state index is 4.33. The summed E-state index contributed by atoms with van der Waals surface area (Å²) in [7, 11) is 0. The van der Waals surface area contributed by atoms with Crippen LogP contribution in [0.15, 0.2) is 79.0 Å². The van der Waals surface area contributed by atoms with Gasteiger partial charge in [-0.05, 0) is 28.8 Å². The van der Waals surface area contributed by atoms with Gasteiger partial charge in [0.15, 0.2) is 0 Å². The molecule has 0 atom stereocenters. The van der Waals surface area contributed by atoms with Gasteiger partial charge in [-0.1, -0.05) is 60.7 Å². The molecule has 2 heteroatoms. The third-order valence-electron chi connectivity index (χ3n) is 3.67. The van der Waals surface area contributed by atoms with Gasteiger partial charge < -0.3 is 5.32 Å². The van der Waals surface area contributed by atoms with Gasteiger partial charge in [0, 0.05) is 31.4 Å². The summed E-state index contributed by atoms with van der Waals surface area (Å²) in [5, 5.41) is 3.47. The zero-order valence-corrected chi connectivity index (χ0v) is 12.6. The summed E-state index contributed by atoms with van der Waals surface area (Å²) in [4.78, 5) is 4.33. The highest BCUT2D eigenvalue weighted by Crippen LogP contribution is 2.19. The Kier molecular flexibility index (Phi) is 4.96. The van der Waals surface area contributed by atoms with Crippen LogP contribution in [-0.2, 0) is 13.0 Å². The summed E-state index contributed by atoms with van der Waals surface area (Å²) >= 11 is 0. The van der Waals surface area contributed by atoms with Crippen LogP contribution in [0.1, 0.15) is 11.3 Å². The average Bonchev–Trinajstić information content (AvgIpc) is 2.61. The van der Waals surface area contributed by atoms with E-state index in [0.29, 0.717) is 0 Å². The minimum atomic E-state index is 0.891. The summed E-state index contributed by atoms with van der Waals surface area (Å²) < 4.78 is 0. The molecule has 0 saturated heterocycles. The monoisotopic (exact) mass is 288 g/mol. The first-order valence-electron chi connectivity index (χ1n) is 7.67. The zero-order valence-electron chi connectivity index (χ0n) is 12.6. The lowest BCUT2D eigenvalue weighted by atomic mass is 10.0. The Balaban J connectivity index is 1.49. The fourth-order valence-corrected chi connectivity index (χ4v) is 2.44. The lowest BCUT2D eigenvalue weighted by molar-refractivity contribution is 0.680. The fraction of sp³-hybridized carbons (Fsp3) is 0.150. The number of hydrogen-bond acceptors (Lipinski definition) is 2. The van der Waals surface area contributed by atoms with Crippen molar-refractivity contribution < 1.29 is 0 Å². The van der Waals surface area contributed by atoms with Crippen LogP contribution in [0.4, 0.5) is 0 Å². The predicted molar refractivity (Wildman–Crippen MR) is 91.5 cm³/mol. The highest BCUT2D eigenvalue weighted by molar-refractivity contribution is 5.63. The number of hydrogen-bond donors (Lipinski definition) is 1. The van der Waals surface area contributed by atoms with Crippen molar-refractivity contribution in [2.75, 3.05) is 6.54 Å². The average molecular weight is 288 g/mol. The van der Waals surface area contributed by atoms with E-state index in [4.69, 9.17) is 0 Å². The van der Waals surface area contributed by atoms with Gasteiger partial charge in [-0.25, -0.2) is 0 Å². The third-order valence-corrected chi connectivity index (χ3v) is 3.67. The van der Waals surface area contributed by atoms with E-state index in [1.807, 2.05) is 24.4 Å². The second-order valence-electron chi connectivity index (χ2n) is 5.31. The first-order valence-corrected chi connectivity index (χ1v) is 7.67. The molecule has 1 N–H and O–H groups in total. The number of aromatic nitrogens is 1. The Hall–Kier alpha value is -2.45. The highest BCUT2D eigenvalue weighted by Gasteiger charge is 1.98. The lowest BCUT2D eigenvalue weighted by Crippen LogP contribution is -2.17. The number of benzene rings is 2. The normalized spacial score (nSPS) is 10.5. The van der Waals surface area contributed by atoms with Crippen LogP contribution in [0.25, 0.3) is 11.1 Å². The largest absolute Gasteiger partial charge is 0.312 e. The molecule has 0 radical (unpaired) electrons. The van der Waals surface area contributed by atoms with E-state index >= 15 is 0 Å². The van der Waals surface area contributed by atoms with Crippen LogP contribution in [0.2, 0.25) is 0 Å². The van der Waals surface area contributed by atoms with E-state index in [9.17, 15) is 0 Å². The number of nitrogens with zero attached hydrogens (tertiary/aromatic N) is 1. The van der Waals surface area contributed by atoms with Gasteiger partial charge in [-0.15, -0.1) is 0 Å². The minimum absolute atomic E-state index is 0.891. The van der Waals surface area contributed by atoms with E-state index in [2.05, 4.69) is 64.9 Å². The fourth-order valence-electron chi connectivity index (χ4n) is 2.44. The van der Waals surface area contributed by atoms with Gasteiger partial charge in [0.25, 0.3) is 0 Å².